The second kappa shape index (κ2) is 29.3. The van der Waals surface area contributed by atoms with Crippen LogP contribution in [0.1, 0.15) is 108 Å². The number of anilines is 1. The molecule has 4 fully saturated rings. The minimum absolute atomic E-state index is 0.0676. The highest BCUT2D eigenvalue weighted by Crippen LogP contribution is 2.67. The van der Waals surface area contributed by atoms with Gasteiger partial charge in [-0.1, -0.05) is 77.9 Å². The molecule has 540 valence electrons. The number of carbonyl (C=O) groups is 7. The van der Waals surface area contributed by atoms with Crippen molar-refractivity contribution < 1.29 is 93.4 Å². The van der Waals surface area contributed by atoms with E-state index in [-0.39, 0.29) is 67.5 Å². The molecule has 4 unspecified atom stereocenters. The first-order valence-corrected chi connectivity index (χ1v) is 36.4. The predicted molar refractivity (Wildman–Crippen MR) is 361 cm³/mol. The molecule has 2 bridgehead atoms. The second-order valence-electron chi connectivity index (χ2n) is 28.2. The number of aliphatic carboxylic acids is 2. The Morgan fingerprint density at radius 2 is 1.69 bits per heavy atom. The third kappa shape index (κ3) is 13.7. The number of hydrazine groups is 1. The molecule has 7 aliphatic rings. The van der Waals surface area contributed by atoms with Gasteiger partial charge in [0.2, 0.25) is 5.91 Å². The number of aromatic amines is 1. The van der Waals surface area contributed by atoms with E-state index < -0.39 is 130 Å². The van der Waals surface area contributed by atoms with Gasteiger partial charge in [-0.25, -0.2) is 19.7 Å². The first-order valence-electron chi connectivity index (χ1n) is 33.9. The number of Topliss-reactive ketones (excluding diaryl/α,β-unsaturated/α-hetero) is 2. The number of ether oxygens (including phenoxy) is 4. The van der Waals surface area contributed by atoms with Crippen molar-refractivity contribution in [3.05, 3.63) is 82.8 Å². The number of ketones is 2. The lowest BCUT2D eigenvalue weighted by Gasteiger charge is -2.63. The molecule has 3 amide bonds. The van der Waals surface area contributed by atoms with Gasteiger partial charge >= 0.3 is 18.0 Å². The number of carboxylic acids is 2. The highest BCUT2D eigenvalue weighted by Gasteiger charge is 2.79. The van der Waals surface area contributed by atoms with Crippen molar-refractivity contribution in [2.24, 2.45) is 23.2 Å². The fourth-order valence-electron chi connectivity index (χ4n) is 17.4. The maximum Gasteiger partial charge on any atom is 0.426 e. The van der Waals surface area contributed by atoms with Gasteiger partial charge < -0.3 is 79.8 Å². The third-order valence-electron chi connectivity index (χ3n) is 22.0. The Labute approximate surface area is 580 Å². The van der Waals surface area contributed by atoms with Crippen LogP contribution in [0.25, 0.3) is 10.9 Å². The fraction of sp³-hybridized carbons (Fsp3) is 0.632. The number of hydrogen-bond donors (Lipinski definition) is 12. The van der Waals surface area contributed by atoms with Crippen LogP contribution >= 0.6 is 21.6 Å². The lowest BCUT2D eigenvalue weighted by molar-refractivity contribution is -0.294. The zero-order valence-corrected chi connectivity index (χ0v) is 58.3. The average molecular weight is 1420 g/mol. The molecule has 3 saturated heterocycles. The van der Waals surface area contributed by atoms with Crippen LogP contribution in [0.5, 0.6) is 5.75 Å². The second-order valence-corrected chi connectivity index (χ2v) is 30.9. The van der Waals surface area contributed by atoms with E-state index in [4.69, 9.17) is 18.9 Å². The average Bonchev–Trinajstić information content (AvgIpc) is 1.52. The lowest BCUT2D eigenvalue weighted by atomic mass is 9.47. The molecule has 1 aliphatic carbocycles. The summed E-state index contributed by atoms with van der Waals surface area (Å²) in [7, 11) is 5.70. The van der Waals surface area contributed by atoms with Gasteiger partial charge in [0.25, 0.3) is 5.91 Å². The number of rotatable bonds is 26. The summed E-state index contributed by atoms with van der Waals surface area (Å²) in [6.45, 7) is 11.9. The van der Waals surface area contributed by atoms with Crippen molar-refractivity contribution in [1.82, 2.24) is 45.9 Å². The summed E-state index contributed by atoms with van der Waals surface area (Å²) in [5, 5.41) is 101. The van der Waals surface area contributed by atoms with Crippen LogP contribution in [-0.4, -0.2) is 250 Å². The van der Waals surface area contributed by atoms with Crippen molar-refractivity contribution in [3.63, 3.8) is 0 Å². The summed E-state index contributed by atoms with van der Waals surface area (Å²) in [6.07, 6.45) is -3.87. The number of H-pyrrole nitrogens is 1. The molecular formula is C68H92N10O19S2. The Morgan fingerprint density at radius 1 is 0.919 bits per heavy atom. The van der Waals surface area contributed by atoms with Crippen molar-refractivity contribution in [2.75, 3.05) is 76.5 Å². The number of nitrogens with one attached hydrogen (secondary N) is 4. The summed E-state index contributed by atoms with van der Waals surface area (Å²) in [5.41, 5.74) is 4.50. The van der Waals surface area contributed by atoms with Crippen molar-refractivity contribution in [3.8, 4) is 5.75 Å². The molecule has 99 heavy (non-hydrogen) atoms. The number of para-hydroxylation sites is 1. The predicted octanol–water partition coefficient (Wildman–Crippen LogP) is 1.74. The number of carbonyl (C=O) groups excluding carboxylic acids is 5. The maximum atomic E-state index is 15.2. The molecule has 0 radical (unpaired) electrons. The first-order chi connectivity index (χ1) is 47.1. The van der Waals surface area contributed by atoms with E-state index in [2.05, 4.69) is 72.5 Å². The van der Waals surface area contributed by atoms with Gasteiger partial charge in [-0.05, 0) is 88.1 Å². The number of carboxylic acid groups (broad SMARTS) is 2. The zero-order chi connectivity index (χ0) is 71.3. The summed E-state index contributed by atoms with van der Waals surface area (Å²) >= 11 is 0. The molecule has 11 rings (SSSR count). The van der Waals surface area contributed by atoms with Gasteiger partial charge in [0.15, 0.2) is 23.8 Å². The zero-order valence-electron chi connectivity index (χ0n) is 56.6. The third-order valence-corrected chi connectivity index (χ3v) is 24.5. The first kappa shape index (κ1) is 73.5. The number of hydrogen-bond acceptors (Lipinski definition) is 24. The Morgan fingerprint density at radius 3 is 2.40 bits per heavy atom. The lowest BCUT2D eigenvalue weighted by Crippen LogP contribution is -2.82. The number of benzene rings is 2. The highest BCUT2D eigenvalue weighted by atomic mass is 33.1. The van der Waals surface area contributed by atoms with Gasteiger partial charge in [0.1, 0.15) is 42.6 Å². The van der Waals surface area contributed by atoms with E-state index >= 15 is 4.79 Å². The SMILES string of the molecule is CC[C@]1(O)C[C@H]2CN(CCc3c([nH]c4ccccc34)[C@@](C)(c3cc4c(cc3OC)N(C)[C@H]3[C@@](O)(C(=O)NNC(=O)OCCSSC[C@H](CC(=O)[C@H](Cc5cn(CCOC6OC(C(=O)O)C(O)[C@H](O)[C@@H]6O)nn5)NC(=O)[C@H](C)CC(C)=O)C(=O)O)[C@H](O)[C@]5(CC)C=CCN6CC[C@]43[C@@H]65)C2)C1. The van der Waals surface area contributed by atoms with Crippen LogP contribution < -0.4 is 25.8 Å². The van der Waals surface area contributed by atoms with E-state index in [1.807, 2.05) is 50.1 Å². The number of methoxy groups -OCH3 is 1. The number of likely N-dealkylation sites (N-methyl/N-ethyl adjacent to an activating group) is 1. The molecule has 2 aromatic carbocycles. The monoisotopic (exact) mass is 1420 g/mol. The Balaban J connectivity index is 0.748. The van der Waals surface area contributed by atoms with Crippen molar-refractivity contribution in [2.45, 2.75) is 176 Å². The number of aromatic nitrogens is 4. The summed E-state index contributed by atoms with van der Waals surface area (Å²) < 4.78 is 23.8. The van der Waals surface area contributed by atoms with E-state index in [9.17, 15) is 69.6 Å². The molecule has 1 saturated carbocycles. The van der Waals surface area contributed by atoms with Gasteiger partial charge in [-0.3, -0.25) is 34.4 Å². The summed E-state index contributed by atoms with van der Waals surface area (Å²) in [4.78, 5) is 103. The largest absolute Gasteiger partial charge is 0.496 e. The number of aliphatic hydroxyl groups excluding tert-OH is 4. The molecule has 8 heterocycles. The normalized spacial score (nSPS) is 32.4. The van der Waals surface area contributed by atoms with Crippen LogP contribution in [0.15, 0.2) is 54.7 Å². The van der Waals surface area contributed by atoms with Gasteiger partial charge in [0, 0.05) is 132 Å². The molecule has 4 aromatic rings. The van der Waals surface area contributed by atoms with Gasteiger partial charge in [-0.15, -0.1) is 5.10 Å². The summed E-state index contributed by atoms with van der Waals surface area (Å²) in [5.74, 6) is -6.92. The van der Waals surface area contributed by atoms with E-state index in [1.165, 1.54) is 30.3 Å². The number of fused-ring (bicyclic) bond motifs is 6. The number of amides is 3. The van der Waals surface area contributed by atoms with E-state index in [1.54, 1.807) is 7.11 Å². The minimum Gasteiger partial charge on any atom is -0.496 e. The molecular weight excluding hydrogens is 1320 g/mol. The van der Waals surface area contributed by atoms with E-state index in [0.717, 1.165) is 74.5 Å². The molecule has 2 aromatic heterocycles. The van der Waals surface area contributed by atoms with Crippen LogP contribution in [0, 0.1) is 23.2 Å². The van der Waals surface area contributed by atoms with Gasteiger partial charge in [0.05, 0.1) is 49.6 Å². The summed E-state index contributed by atoms with van der Waals surface area (Å²) in [6, 6.07) is 9.84. The van der Waals surface area contributed by atoms with Crippen LogP contribution in [0.4, 0.5) is 10.5 Å². The Hall–Kier alpha value is -6.75. The maximum absolute atomic E-state index is 15.2. The van der Waals surface area contributed by atoms with Crippen molar-refractivity contribution in [1.29, 1.82) is 0 Å². The van der Waals surface area contributed by atoms with Crippen LogP contribution in [0.3, 0.4) is 0 Å². The van der Waals surface area contributed by atoms with Gasteiger partial charge in [-0.2, -0.15) is 0 Å². The molecule has 18 atom stereocenters. The molecule has 6 aliphatic heterocycles. The van der Waals surface area contributed by atoms with Crippen LogP contribution in [0.2, 0.25) is 0 Å². The number of piperidine rings is 1. The molecule has 31 heteroatoms. The molecule has 12 N–H and O–H groups in total. The van der Waals surface area contributed by atoms with E-state index in [0.29, 0.717) is 57.5 Å². The number of nitrogens with zero attached hydrogens (tertiary/aromatic N) is 6. The molecule has 29 nitrogen and oxygen atoms in total. The number of aliphatic hydroxyl groups is 6. The Bertz CT molecular complexity index is 3750. The molecule has 1 spiro atoms. The Kier molecular flexibility index (Phi) is 21.7. The van der Waals surface area contributed by atoms with Crippen LogP contribution in [-0.2, 0) is 73.2 Å². The topological polar surface area (TPSA) is 411 Å². The fourth-order valence-corrected chi connectivity index (χ4v) is 19.5. The van der Waals surface area contributed by atoms with Crippen molar-refractivity contribution >= 4 is 79.6 Å². The highest BCUT2D eigenvalue weighted by molar-refractivity contribution is 8.76. The quantitative estimate of drug-likeness (QED) is 0.0184. The minimum atomic E-state index is -2.57. The smallest absolute Gasteiger partial charge is 0.426 e. The standard InChI is InChI=1S/C68H92N10O19S2/c1-8-65(92)31-38-30-64(5,54-42(15-19-76(32-38)35-65)41-13-10-11-14-45(41)69-54)44-28-43-47(29-49(44)94-7)75(6)60-67(43)17-20-77-18-12-16-66(9-2,59(67)77)61(89)68(60,93)62(90)72-73-63(91)96-23-24-98-99-34-39(56(85)86)26-48(80)46(70-55(84)36(3)25-37(4)79)27-40-33-78(74-71-40)21-22-95-58-52(83)50(81)51(82)53(97-58)57(87)88/h10-14,16,28-29,33,36,38-39,46,50-53,58-61,69,81-83,89,92-93H,8-9,15,17-27,30-32,34-35H2,1-7H3,(H,70,84)(H,72,90)(H,73,91)(H,85,86)(H,87,88)/t36-,38+,39+,46+,50+,51?,52+,53?,58?,59+,60-,61-,64-,65+,66-,67-,68+/m1/s1.